The fourth-order valence-corrected chi connectivity index (χ4v) is 0.548. The molecule has 0 saturated carbocycles. The summed E-state index contributed by atoms with van der Waals surface area (Å²) in [6, 6.07) is -0.157. The average Bonchev–Trinajstić information content (AvgIpc) is 1.69. The van der Waals surface area contributed by atoms with Crippen LogP contribution in [-0.2, 0) is 4.79 Å². The first-order valence-corrected chi connectivity index (χ1v) is 2.69. The second-order valence-electron chi connectivity index (χ2n) is 1.65. The predicted molar refractivity (Wildman–Crippen MR) is 33.9 cm³/mol. The highest BCUT2D eigenvalue weighted by Crippen LogP contribution is 1.86. The summed E-state index contributed by atoms with van der Waals surface area (Å²) in [6.07, 6.45) is 0.756. The Kier molecular flexibility index (Phi) is 3.53. The molecule has 2 nitrogen and oxygen atoms in total. The lowest BCUT2D eigenvalue weighted by molar-refractivity contribution is -0.113. The zero-order valence-corrected chi connectivity index (χ0v) is 5.27. The van der Waals surface area contributed by atoms with Crippen molar-refractivity contribution < 1.29 is 4.79 Å². The first-order chi connectivity index (χ1) is 3.72. The molecule has 0 unspecified atom stereocenters. The topological polar surface area (TPSA) is 29.1 Å². The summed E-state index contributed by atoms with van der Waals surface area (Å²) < 4.78 is 0. The van der Waals surface area contributed by atoms with Gasteiger partial charge in [-0.1, -0.05) is 6.92 Å². The molecular formula is C5H10BNO. The number of carbonyl (C=O) groups is 1. The van der Waals surface area contributed by atoms with E-state index in [2.05, 4.69) is 5.32 Å². The number of likely N-dealkylation sites (N-methyl/N-ethyl adjacent to an activating group) is 1. The normalized spacial score (nSPS) is 13.2. The summed E-state index contributed by atoms with van der Waals surface area (Å²) in [5.41, 5.74) is -0.282. The molecule has 0 spiro atoms. The molecule has 0 aromatic heterocycles. The van der Waals surface area contributed by atoms with Gasteiger partial charge in [0.05, 0.1) is 11.7 Å². The number of hydrogen-bond acceptors (Lipinski definition) is 2. The highest BCUT2D eigenvalue weighted by Gasteiger charge is 2.05. The molecule has 0 aliphatic rings. The van der Waals surface area contributed by atoms with Gasteiger partial charge < -0.3 is 10.1 Å². The van der Waals surface area contributed by atoms with Gasteiger partial charge in [0.1, 0.15) is 0 Å². The summed E-state index contributed by atoms with van der Waals surface area (Å²) >= 11 is 0. The monoisotopic (exact) mass is 111 g/mol. The predicted octanol–water partition coefficient (Wildman–Crippen LogP) is -0.321. The lowest BCUT2D eigenvalue weighted by Crippen LogP contribution is -2.33. The van der Waals surface area contributed by atoms with Gasteiger partial charge in [0.2, 0.25) is 0 Å². The van der Waals surface area contributed by atoms with Gasteiger partial charge in [0.15, 0.2) is 7.85 Å². The molecule has 0 aromatic rings. The summed E-state index contributed by atoms with van der Waals surface area (Å²) in [7, 11) is 6.68. The molecule has 0 bridgehead atoms. The first-order valence-electron chi connectivity index (χ1n) is 2.69. The van der Waals surface area contributed by atoms with Crippen LogP contribution < -0.4 is 5.32 Å². The molecule has 0 aliphatic carbocycles. The van der Waals surface area contributed by atoms with Crippen LogP contribution in [0.4, 0.5) is 0 Å². The van der Waals surface area contributed by atoms with E-state index in [1.807, 2.05) is 6.92 Å². The van der Waals surface area contributed by atoms with Gasteiger partial charge in [-0.2, -0.15) is 0 Å². The van der Waals surface area contributed by atoms with Gasteiger partial charge in [0.25, 0.3) is 0 Å². The largest absolute Gasteiger partial charge is 0.311 e. The van der Waals surface area contributed by atoms with Crippen molar-refractivity contribution in [3.05, 3.63) is 0 Å². The molecule has 2 radical (unpaired) electrons. The van der Waals surface area contributed by atoms with Crippen LogP contribution in [0.1, 0.15) is 13.3 Å². The van der Waals surface area contributed by atoms with E-state index in [4.69, 9.17) is 7.85 Å². The van der Waals surface area contributed by atoms with Gasteiger partial charge >= 0.3 is 0 Å². The van der Waals surface area contributed by atoms with Gasteiger partial charge in [-0.05, 0) is 13.5 Å². The van der Waals surface area contributed by atoms with E-state index in [9.17, 15) is 4.79 Å². The molecule has 3 heteroatoms. The molecule has 8 heavy (non-hydrogen) atoms. The molecule has 0 amide bonds. The van der Waals surface area contributed by atoms with Crippen LogP contribution in [-0.4, -0.2) is 26.6 Å². The molecule has 44 valence electrons. The van der Waals surface area contributed by atoms with Crippen LogP contribution in [0.3, 0.4) is 0 Å². The van der Waals surface area contributed by atoms with Crippen LogP contribution in [0.25, 0.3) is 0 Å². The minimum atomic E-state index is -0.282. The smallest absolute Gasteiger partial charge is 0.170 e. The Balaban J connectivity index is 3.52. The maximum absolute atomic E-state index is 10.3. The van der Waals surface area contributed by atoms with E-state index in [-0.39, 0.29) is 11.7 Å². The third kappa shape index (κ3) is 2.12. The maximum Gasteiger partial charge on any atom is 0.170 e. The maximum atomic E-state index is 10.3. The Hall–Kier alpha value is -0.305. The number of nitrogens with one attached hydrogen (secondary N) is 1. The third-order valence-electron chi connectivity index (χ3n) is 1.10. The quantitative estimate of drug-likeness (QED) is 0.505. The van der Waals surface area contributed by atoms with Crippen LogP contribution in [0.2, 0.25) is 0 Å². The minimum absolute atomic E-state index is 0.157. The van der Waals surface area contributed by atoms with E-state index < -0.39 is 0 Å². The van der Waals surface area contributed by atoms with Crippen molar-refractivity contribution in [2.75, 3.05) is 7.05 Å². The van der Waals surface area contributed by atoms with Crippen LogP contribution in [0.5, 0.6) is 0 Å². The Labute approximate surface area is 51.1 Å². The SMILES string of the molecule is [B]C(=O)[C@H](CC)NC. The Morgan fingerprint density at radius 2 is 2.38 bits per heavy atom. The molecule has 1 atom stereocenters. The molecule has 0 rings (SSSR count). The first kappa shape index (κ1) is 7.69. The fraction of sp³-hybridized carbons (Fsp3) is 0.800. The van der Waals surface area contributed by atoms with Crippen LogP contribution in [0, 0.1) is 0 Å². The second kappa shape index (κ2) is 3.67. The van der Waals surface area contributed by atoms with Crippen molar-refractivity contribution in [2.24, 2.45) is 0 Å². The van der Waals surface area contributed by atoms with Gasteiger partial charge in [0, 0.05) is 0 Å². The number of hydrogen-bond donors (Lipinski definition) is 1. The summed E-state index contributed by atoms with van der Waals surface area (Å²) in [6.45, 7) is 1.91. The van der Waals surface area contributed by atoms with Crippen molar-refractivity contribution in [2.45, 2.75) is 19.4 Å². The lowest BCUT2D eigenvalue weighted by atomic mass is 9.94. The molecule has 1 N–H and O–H groups in total. The number of rotatable bonds is 3. The zero-order valence-electron chi connectivity index (χ0n) is 5.27. The number of carbonyl (C=O) groups excluding carboxylic acids is 1. The third-order valence-corrected chi connectivity index (χ3v) is 1.10. The van der Waals surface area contributed by atoms with Crippen molar-refractivity contribution >= 4 is 13.5 Å². The second-order valence-corrected chi connectivity index (χ2v) is 1.65. The molecule has 0 fully saturated rings. The molecule has 0 aliphatic heterocycles. The standard InChI is InChI=1S/C5H10BNO/c1-3-4(7-2)5(6)8/h4,7H,3H2,1-2H3/t4-/m0/s1. The minimum Gasteiger partial charge on any atom is -0.311 e. The summed E-state index contributed by atoms with van der Waals surface area (Å²) in [4.78, 5) is 10.3. The lowest BCUT2D eigenvalue weighted by Gasteiger charge is -2.07. The Bertz CT molecular complexity index is 80.5. The van der Waals surface area contributed by atoms with E-state index in [1.165, 1.54) is 0 Å². The van der Waals surface area contributed by atoms with E-state index in [1.54, 1.807) is 7.05 Å². The molecular weight excluding hydrogens is 101 g/mol. The summed E-state index contributed by atoms with van der Waals surface area (Å²) in [5.74, 6) is 0. The van der Waals surface area contributed by atoms with Crippen LogP contribution >= 0.6 is 0 Å². The molecule has 0 aromatic carbocycles. The van der Waals surface area contributed by atoms with E-state index in [0.29, 0.717) is 0 Å². The molecule has 0 saturated heterocycles. The van der Waals surface area contributed by atoms with Gasteiger partial charge in [-0.15, -0.1) is 0 Å². The van der Waals surface area contributed by atoms with E-state index in [0.717, 1.165) is 6.42 Å². The average molecular weight is 111 g/mol. The highest BCUT2D eigenvalue weighted by atomic mass is 16.1. The zero-order chi connectivity index (χ0) is 6.57. The fourth-order valence-electron chi connectivity index (χ4n) is 0.548. The van der Waals surface area contributed by atoms with E-state index >= 15 is 0 Å². The van der Waals surface area contributed by atoms with Crippen molar-refractivity contribution in [3.8, 4) is 0 Å². The Morgan fingerprint density at radius 1 is 1.88 bits per heavy atom. The Morgan fingerprint density at radius 3 is 2.38 bits per heavy atom. The summed E-state index contributed by atoms with van der Waals surface area (Å²) in [5, 5.41) is 2.78. The molecule has 0 heterocycles. The van der Waals surface area contributed by atoms with Gasteiger partial charge in [-0.25, -0.2) is 0 Å². The van der Waals surface area contributed by atoms with Gasteiger partial charge in [-0.3, -0.25) is 0 Å². The van der Waals surface area contributed by atoms with Crippen molar-refractivity contribution in [1.29, 1.82) is 0 Å². The highest BCUT2D eigenvalue weighted by molar-refractivity contribution is 6.59. The van der Waals surface area contributed by atoms with Crippen molar-refractivity contribution in [1.82, 2.24) is 5.32 Å². The van der Waals surface area contributed by atoms with Crippen molar-refractivity contribution in [3.63, 3.8) is 0 Å². The van der Waals surface area contributed by atoms with Crippen LogP contribution in [0.15, 0.2) is 0 Å².